The Labute approximate surface area is 191 Å². The van der Waals surface area contributed by atoms with Crippen molar-refractivity contribution >= 4 is 18.0 Å². The van der Waals surface area contributed by atoms with E-state index < -0.39 is 35.5 Å². The zero-order chi connectivity index (χ0) is 24.2. The lowest BCUT2D eigenvalue weighted by Crippen LogP contribution is -2.56. The van der Waals surface area contributed by atoms with Crippen LogP contribution in [0.4, 0.5) is 4.79 Å². The summed E-state index contributed by atoms with van der Waals surface area (Å²) >= 11 is 0. The minimum atomic E-state index is -1.10. The van der Waals surface area contributed by atoms with Crippen molar-refractivity contribution in [1.29, 1.82) is 0 Å². The molecular weight excluding hydrogens is 430 g/mol. The SMILES string of the molecule is COC(=O)N[C@H](C(=O)N1C[C@H](COc2cccc(-c3ccoc3)n2)C[C@H]1C(=O)O)C(C)(C)C. The summed E-state index contributed by atoms with van der Waals surface area (Å²) in [6.07, 6.45) is 2.62. The third-order valence-electron chi connectivity index (χ3n) is 5.52. The van der Waals surface area contributed by atoms with Crippen molar-refractivity contribution in [2.75, 3.05) is 20.3 Å². The van der Waals surface area contributed by atoms with Crippen molar-refractivity contribution in [2.45, 2.75) is 39.3 Å². The fourth-order valence-electron chi connectivity index (χ4n) is 3.78. The smallest absolute Gasteiger partial charge is 0.407 e. The molecule has 2 N–H and O–H groups in total. The minimum Gasteiger partial charge on any atom is -0.480 e. The molecule has 1 aliphatic rings. The quantitative estimate of drug-likeness (QED) is 0.646. The van der Waals surface area contributed by atoms with Gasteiger partial charge in [-0.1, -0.05) is 26.8 Å². The van der Waals surface area contributed by atoms with Gasteiger partial charge in [0.25, 0.3) is 0 Å². The van der Waals surface area contributed by atoms with Crippen LogP contribution in [-0.4, -0.2) is 65.3 Å². The predicted molar refractivity (Wildman–Crippen MR) is 117 cm³/mol. The summed E-state index contributed by atoms with van der Waals surface area (Å²) in [7, 11) is 1.21. The Balaban J connectivity index is 1.70. The predicted octanol–water partition coefficient (Wildman–Crippen LogP) is 2.79. The number of hydrogen-bond acceptors (Lipinski definition) is 7. The maximum Gasteiger partial charge on any atom is 0.407 e. The van der Waals surface area contributed by atoms with Crippen LogP contribution in [0.5, 0.6) is 5.88 Å². The summed E-state index contributed by atoms with van der Waals surface area (Å²) in [4.78, 5) is 42.7. The first-order valence-electron chi connectivity index (χ1n) is 10.6. The number of carbonyl (C=O) groups is 3. The summed E-state index contributed by atoms with van der Waals surface area (Å²) in [5.74, 6) is -1.39. The van der Waals surface area contributed by atoms with E-state index in [4.69, 9.17) is 9.15 Å². The van der Waals surface area contributed by atoms with E-state index in [0.29, 0.717) is 11.6 Å². The zero-order valence-corrected chi connectivity index (χ0v) is 19.1. The van der Waals surface area contributed by atoms with E-state index in [1.54, 1.807) is 45.4 Å². The van der Waals surface area contributed by atoms with Crippen molar-refractivity contribution in [3.8, 4) is 17.1 Å². The number of carboxylic acids is 1. The van der Waals surface area contributed by atoms with Crippen LogP contribution in [0.25, 0.3) is 11.3 Å². The molecule has 0 radical (unpaired) electrons. The highest BCUT2D eigenvalue weighted by molar-refractivity contribution is 5.90. The number of nitrogens with one attached hydrogen (secondary N) is 1. The van der Waals surface area contributed by atoms with Gasteiger partial charge in [0.1, 0.15) is 12.1 Å². The number of pyridine rings is 1. The lowest BCUT2D eigenvalue weighted by molar-refractivity contribution is -0.150. The van der Waals surface area contributed by atoms with Crippen molar-refractivity contribution in [3.05, 3.63) is 36.8 Å². The second kappa shape index (κ2) is 9.93. The third kappa shape index (κ3) is 5.82. The Bertz CT molecular complexity index is 984. The number of furan rings is 1. The number of ether oxygens (including phenoxy) is 2. The van der Waals surface area contributed by atoms with Crippen LogP contribution in [0.2, 0.25) is 0 Å². The van der Waals surface area contributed by atoms with Crippen LogP contribution in [0.15, 0.2) is 41.2 Å². The molecule has 1 fully saturated rings. The van der Waals surface area contributed by atoms with E-state index >= 15 is 0 Å². The first kappa shape index (κ1) is 24.1. The second-order valence-corrected chi connectivity index (χ2v) is 9.07. The van der Waals surface area contributed by atoms with Gasteiger partial charge in [-0.2, -0.15) is 0 Å². The van der Waals surface area contributed by atoms with Crippen molar-refractivity contribution in [1.82, 2.24) is 15.2 Å². The average Bonchev–Trinajstić information content (AvgIpc) is 3.45. The molecule has 0 spiro atoms. The maximum absolute atomic E-state index is 13.3. The average molecular weight is 459 g/mol. The summed E-state index contributed by atoms with van der Waals surface area (Å²) in [5.41, 5.74) is 0.852. The van der Waals surface area contributed by atoms with Crippen LogP contribution in [0, 0.1) is 11.3 Å². The fraction of sp³-hybridized carbons (Fsp3) is 0.478. The van der Waals surface area contributed by atoms with Gasteiger partial charge in [0.2, 0.25) is 11.8 Å². The summed E-state index contributed by atoms with van der Waals surface area (Å²) in [6, 6.07) is 5.18. The van der Waals surface area contributed by atoms with Gasteiger partial charge in [-0.05, 0) is 24.0 Å². The van der Waals surface area contributed by atoms with E-state index in [2.05, 4.69) is 15.0 Å². The topological polar surface area (TPSA) is 131 Å². The Kier molecular flexibility index (Phi) is 7.25. The Morgan fingerprint density at radius 1 is 1.30 bits per heavy atom. The number of aromatic nitrogens is 1. The normalized spacial score (nSPS) is 19.1. The summed E-state index contributed by atoms with van der Waals surface area (Å²) in [5, 5.41) is 12.3. The van der Waals surface area contributed by atoms with Crippen LogP contribution in [-0.2, 0) is 14.3 Å². The van der Waals surface area contributed by atoms with Crippen LogP contribution in [0.3, 0.4) is 0 Å². The molecule has 0 saturated carbocycles. The number of methoxy groups -OCH3 is 1. The highest BCUT2D eigenvalue weighted by atomic mass is 16.5. The monoisotopic (exact) mass is 459 g/mol. The molecular formula is C23H29N3O7. The molecule has 3 atom stereocenters. The molecule has 1 aliphatic heterocycles. The Morgan fingerprint density at radius 2 is 2.06 bits per heavy atom. The van der Waals surface area contributed by atoms with E-state index in [9.17, 15) is 19.5 Å². The number of alkyl carbamates (subject to hydrolysis) is 1. The number of nitrogens with zero attached hydrogens (tertiary/aromatic N) is 2. The number of carboxylic acid groups (broad SMARTS) is 1. The fourth-order valence-corrected chi connectivity index (χ4v) is 3.78. The van der Waals surface area contributed by atoms with Crippen LogP contribution in [0.1, 0.15) is 27.2 Å². The van der Waals surface area contributed by atoms with Gasteiger partial charge in [-0.25, -0.2) is 14.6 Å². The molecule has 0 unspecified atom stereocenters. The lowest BCUT2D eigenvalue weighted by Gasteiger charge is -2.34. The molecule has 2 aromatic rings. The number of aliphatic carboxylic acids is 1. The molecule has 10 nitrogen and oxygen atoms in total. The molecule has 1 saturated heterocycles. The van der Waals surface area contributed by atoms with Gasteiger partial charge in [0.05, 0.1) is 31.9 Å². The largest absolute Gasteiger partial charge is 0.480 e. The molecule has 3 rings (SSSR count). The van der Waals surface area contributed by atoms with Crippen molar-refractivity contribution in [2.24, 2.45) is 11.3 Å². The molecule has 0 aromatic carbocycles. The number of rotatable bonds is 7. The van der Waals surface area contributed by atoms with Gasteiger partial charge in [-0.3, -0.25) is 4.79 Å². The molecule has 2 amide bonds. The molecule has 3 heterocycles. The molecule has 0 bridgehead atoms. The molecule has 10 heteroatoms. The van der Waals surface area contributed by atoms with Gasteiger partial charge in [0, 0.05) is 24.1 Å². The highest BCUT2D eigenvalue weighted by Crippen LogP contribution is 2.29. The van der Waals surface area contributed by atoms with Gasteiger partial charge < -0.3 is 29.2 Å². The third-order valence-corrected chi connectivity index (χ3v) is 5.52. The number of carbonyl (C=O) groups excluding carboxylic acids is 2. The number of hydrogen-bond donors (Lipinski definition) is 2. The number of amides is 2. The Morgan fingerprint density at radius 3 is 2.67 bits per heavy atom. The summed E-state index contributed by atoms with van der Waals surface area (Å²) in [6.45, 7) is 5.75. The Hall–Kier alpha value is -3.56. The van der Waals surface area contributed by atoms with Crippen molar-refractivity contribution in [3.63, 3.8) is 0 Å². The lowest BCUT2D eigenvalue weighted by atomic mass is 9.85. The molecule has 33 heavy (non-hydrogen) atoms. The van der Waals surface area contributed by atoms with Crippen LogP contribution >= 0.6 is 0 Å². The van der Waals surface area contributed by atoms with Gasteiger partial charge in [0.15, 0.2) is 0 Å². The first-order chi connectivity index (χ1) is 15.6. The van der Waals surface area contributed by atoms with Gasteiger partial charge in [-0.15, -0.1) is 0 Å². The second-order valence-electron chi connectivity index (χ2n) is 9.07. The standard InChI is InChI=1S/C23H29N3O7/c1-23(2,3)19(25-22(30)31-4)20(27)26-11-14(10-17(26)21(28)29)12-33-18-7-5-6-16(24-18)15-8-9-32-13-15/h5-9,13-14,17,19H,10-12H2,1-4H3,(H,25,30)(H,28,29)/t14-,17+,19-/m1/s1. The number of likely N-dealkylation sites (tertiary alicyclic amines) is 1. The minimum absolute atomic E-state index is 0.187. The highest BCUT2D eigenvalue weighted by Gasteiger charge is 2.45. The van der Waals surface area contributed by atoms with Crippen molar-refractivity contribution < 1.29 is 33.4 Å². The molecule has 2 aromatic heterocycles. The van der Waals surface area contributed by atoms with E-state index in [-0.39, 0.29) is 25.5 Å². The zero-order valence-electron chi connectivity index (χ0n) is 19.1. The molecule has 0 aliphatic carbocycles. The van der Waals surface area contributed by atoms with E-state index in [0.717, 1.165) is 5.56 Å². The van der Waals surface area contributed by atoms with Crippen LogP contribution < -0.4 is 10.1 Å². The van der Waals surface area contributed by atoms with E-state index in [1.165, 1.54) is 12.0 Å². The van der Waals surface area contributed by atoms with Gasteiger partial charge >= 0.3 is 12.1 Å². The maximum atomic E-state index is 13.3. The summed E-state index contributed by atoms with van der Waals surface area (Å²) < 4.78 is 15.6. The first-order valence-corrected chi connectivity index (χ1v) is 10.6. The molecule has 178 valence electrons. The van der Waals surface area contributed by atoms with E-state index in [1.807, 2.05) is 12.1 Å².